The second kappa shape index (κ2) is 12.0. The van der Waals surface area contributed by atoms with Crippen molar-refractivity contribution in [3.63, 3.8) is 0 Å². The first kappa shape index (κ1) is 27.1. The molecule has 3 aromatic rings. The molecule has 194 valence electrons. The van der Waals surface area contributed by atoms with E-state index in [-0.39, 0.29) is 18.5 Å². The van der Waals surface area contributed by atoms with Crippen LogP contribution in [0.15, 0.2) is 42.5 Å². The number of fused-ring (bicyclic) bond motifs is 2. The minimum absolute atomic E-state index is 0.0144. The van der Waals surface area contributed by atoms with E-state index in [0.29, 0.717) is 5.92 Å². The summed E-state index contributed by atoms with van der Waals surface area (Å²) in [6.07, 6.45) is 4.49. The summed E-state index contributed by atoms with van der Waals surface area (Å²) in [6.45, 7) is 6.30. The number of aryl methyl sites for hydroxylation is 2. The third kappa shape index (κ3) is 6.29. The molecule has 1 aliphatic rings. The molecule has 6 nitrogen and oxygen atoms in total. The molecule has 0 fully saturated rings. The molecule has 1 aromatic heterocycles. The van der Waals surface area contributed by atoms with Crippen molar-refractivity contribution in [3.8, 4) is 0 Å². The van der Waals surface area contributed by atoms with Crippen LogP contribution >= 0.6 is 22.6 Å². The highest BCUT2D eigenvalue weighted by atomic mass is 127. The Morgan fingerprint density at radius 1 is 1.25 bits per heavy atom. The van der Waals surface area contributed by atoms with E-state index >= 15 is 0 Å². The summed E-state index contributed by atoms with van der Waals surface area (Å²) in [6, 6.07) is 14.9. The Morgan fingerprint density at radius 2 is 2.06 bits per heavy atom. The van der Waals surface area contributed by atoms with Crippen molar-refractivity contribution < 1.29 is 14.3 Å². The van der Waals surface area contributed by atoms with Crippen LogP contribution in [0.4, 0.5) is 0 Å². The highest BCUT2D eigenvalue weighted by molar-refractivity contribution is 14.1. The second-order valence-electron chi connectivity index (χ2n) is 10.4. The zero-order chi connectivity index (χ0) is 25.7. The summed E-state index contributed by atoms with van der Waals surface area (Å²) in [7, 11) is 3.70. The first-order valence-electron chi connectivity index (χ1n) is 12.9. The molecule has 0 bridgehead atoms. The van der Waals surface area contributed by atoms with Crippen LogP contribution in [-0.4, -0.2) is 60.3 Å². The standard InChI is InChI=1S/C29H38IN3O3/c1-20(2)28-23-12-11-22(30)18-21(23)13-14-29(28,36-27(34)19-35-4)15-17-33(3)16-7-10-26-31-24-8-5-6-9-25(24)32-26/h5-6,8-9,11-12,18,20,28H,7,10,13-17,19H2,1-4H3,(H,31,32)/t28-,29-/m0/s1. The summed E-state index contributed by atoms with van der Waals surface area (Å²) in [5.74, 6) is 1.26. The topological polar surface area (TPSA) is 67.5 Å². The van der Waals surface area contributed by atoms with E-state index in [4.69, 9.17) is 14.5 Å². The normalized spacial score (nSPS) is 19.7. The quantitative estimate of drug-likeness (QED) is 0.224. The van der Waals surface area contributed by atoms with Gasteiger partial charge >= 0.3 is 5.97 Å². The van der Waals surface area contributed by atoms with Crippen LogP contribution in [0.5, 0.6) is 0 Å². The summed E-state index contributed by atoms with van der Waals surface area (Å²) in [5, 5.41) is 0. The molecule has 2 atom stereocenters. The van der Waals surface area contributed by atoms with Gasteiger partial charge in [-0.15, -0.1) is 0 Å². The number of aromatic amines is 1. The number of imidazole rings is 1. The number of halogens is 1. The van der Waals surface area contributed by atoms with Crippen LogP contribution in [-0.2, 0) is 27.1 Å². The summed E-state index contributed by atoms with van der Waals surface area (Å²) in [4.78, 5) is 23.2. The largest absolute Gasteiger partial charge is 0.457 e. The molecule has 1 aliphatic carbocycles. The maximum Gasteiger partial charge on any atom is 0.332 e. The van der Waals surface area contributed by atoms with Gasteiger partial charge in [0.05, 0.1) is 11.0 Å². The number of carbonyl (C=O) groups is 1. The Morgan fingerprint density at radius 3 is 2.81 bits per heavy atom. The van der Waals surface area contributed by atoms with E-state index in [9.17, 15) is 4.79 Å². The average molecular weight is 604 g/mol. The number of rotatable bonds is 11. The highest BCUT2D eigenvalue weighted by Crippen LogP contribution is 2.48. The van der Waals surface area contributed by atoms with E-state index in [1.807, 2.05) is 18.2 Å². The number of para-hydroxylation sites is 2. The highest BCUT2D eigenvalue weighted by Gasteiger charge is 2.47. The minimum Gasteiger partial charge on any atom is -0.457 e. The van der Waals surface area contributed by atoms with Gasteiger partial charge in [0.25, 0.3) is 0 Å². The van der Waals surface area contributed by atoms with E-state index in [1.54, 1.807) is 7.11 Å². The van der Waals surface area contributed by atoms with Gasteiger partial charge in [0, 0.05) is 36.0 Å². The van der Waals surface area contributed by atoms with E-state index in [0.717, 1.165) is 62.1 Å². The number of hydrogen-bond donors (Lipinski definition) is 1. The van der Waals surface area contributed by atoms with Crippen LogP contribution in [0.2, 0.25) is 0 Å². The summed E-state index contributed by atoms with van der Waals surface area (Å²) in [5.41, 5.74) is 4.30. The Hall–Kier alpha value is -1.97. The van der Waals surface area contributed by atoms with Crippen LogP contribution in [0, 0.1) is 9.49 Å². The van der Waals surface area contributed by atoms with Gasteiger partial charge in [-0.2, -0.15) is 0 Å². The Labute approximate surface area is 228 Å². The molecule has 2 aromatic carbocycles. The van der Waals surface area contributed by atoms with Crippen molar-refractivity contribution in [2.45, 2.75) is 57.5 Å². The van der Waals surface area contributed by atoms with E-state index < -0.39 is 5.60 Å². The fourth-order valence-corrected chi connectivity index (χ4v) is 6.35. The number of benzene rings is 2. The van der Waals surface area contributed by atoms with Crippen molar-refractivity contribution in [1.82, 2.24) is 14.9 Å². The molecule has 0 saturated heterocycles. The maximum atomic E-state index is 12.7. The number of esters is 1. The number of H-pyrrole nitrogens is 1. The first-order chi connectivity index (χ1) is 17.3. The maximum absolute atomic E-state index is 12.7. The Kier molecular flexibility index (Phi) is 9.06. The number of nitrogens with zero attached hydrogens (tertiary/aromatic N) is 2. The number of ether oxygens (including phenoxy) is 2. The summed E-state index contributed by atoms with van der Waals surface area (Å²) < 4.78 is 12.7. The molecule has 0 unspecified atom stereocenters. The SMILES string of the molecule is COCC(=O)O[C@]1(CCN(C)CCCc2nc3ccccc3[nH]2)CCc2cc(I)ccc2[C@@H]1C(C)C. The molecule has 1 N–H and O–H groups in total. The van der Waals surface area contributed by atoms with Gasteiger partial charge in [-0.3, -0.25) is 0 Å². The van der Waals surface area contributed by atoms with Gasteiger partial charge in [-0.25, -0.2) is 9.78 Å². The van der Waals surface area contributed by atoms with Gasteiger partial charge in [-0.05, 0) is 96.8 Å². The Balaban J connectivity index is 1.44. The number of aromatic nitrogens is 2. The molecule has 4 rings (SSSR count). The Bertz CT molecular complexity index is 1140. The fraction of sp³-hybridized carbons (Fsp3) is 0.517. The molecule has 7 heteroatoms. The minimum atomic E-state index is -0.531. The third-order valence-corrected chi connectivity index (χ3v) is 8.05. The van der Waals surface area contributed by atoms with Crippen LogP contribution < -0.4 is 0 Å². The lowest BCUT2D eigenvalue weighted by Crippen LogP contribution is -2.49. The molecular formula is C29H38IN3O3. The number of hydrogen-bond acceptors (Lipinski definition) is 5. The predicted molar refractivity (Wildman–Crippen MR) is 152 cm³/mol. The van der Waals surface area contributed by atoms with Gasteiger partial charge in [-0.1, -0.05) is 32.0 Å². The number of nitrogens with one attached hydrogen (secondary N) is 1. The van der Waals surface area contributed by atoms with Gasteiger partial charge in [0.15, 0.2) is 0 Å². The van der Waals surface area contributed by atoms with Crippen molar-refractivity contribution >= 4 is 39.6 Å². The van der Waals surface area contributed by atoms with Crippen molar-refractivity contribution in [2.75, 3.05) is 33.9 Å². The molecule has 0 spiro atoms. The average Bonchev–Trinajstić information content (AvgIpc) is 3.25. The second-order valence-corrected chi connectivity index (χ2v) is 11.6. The molecule has 36 heavy (non-hydrogen) atoms. The van der Waals surface area contributed by atoms with Gasteiger partial charge < -0.3 is 19.4 Å². The zero-order valence-electron chi connectivity index (χ0n) is 21.9. The van der Waals surface area contributed by atoms with Crippen molar-refractivity contribution in [2.24, 2.45) is 5.92 Å². The third-order valence-electron chi connectivity index (χ3n) is 7.38. The monoisotopic (exact) mass is 603 g/mol. The molecule has 0 saturated carbocycles. The van der Waals surface area contributed by atoms with Crippen LogP contribution in [0.3, 0.4) is 0 Å². The molecular weight excluding hydrogens is 565 g/mol. The van der Waals surface area contributed by atoms with E-state index in [2.05, 4.69) is 77.6 Å². The molecule has 0 amide bonds. The molecule has 1 heterocycles. The fourth-order valence-electron chi connectivity index (χ4n) is 5.80. The van der Waals surface area contributed by atoms with E-state index in [1.165, 1.54) is 14.7 Å². The predicted octanol–water partition coefficient (Wildman–Crippen LogP) is 5.74. The van der Waals surface area contributed by atoms with Gasteiger partial charge in [0.2, 0.25) is 0 Å². The lowest BCUT2D eigenvalue weighted by atomic mass is 9.65. The summed E-state index contributed by atoms with van der Waals surface area (Å²) >= 11 is 2.38. The lowest BCUT2D eigenvalue weighted by Gasteiger charge is -2.47. The molecule has 0 aliphatic heterocycles. The van der Waals surface area contributed by atoms with Crippen LogP contribution in [0.25, 0.3) is 11.0 Å². The smallest absolute Gasteiger partial charge is 0.332 e. The van der Waals surface area contributed by atoms with Crippen molar-refractivity contribution in [1.29, 1.82) is 0 Å². The number of carbonyl (C=O) groups excluding carboxylic acids is 1. The van der Waals surface area contributed by atoms with Gasteiger partial charge in [0.1, 0.15) is 18.0 Å². The van der Waals surface area contributed by atoms with Crippen LogP contribution in [0.1, 0.15) is 56.0 Å². The molecule has 0 radical (unpaired) electrons. The first-order valence-corrected chi connectivity index (χ1v) is 14.0. The van der Waals surface area contributed by atoms with Crippen molar-refractivity contribution in [3.05, 3.63) is 63.0 Å². The number of methoxy groups -OCH3 is 1. The zero-order valence-corrected chi connectivity index (χ0v) is 24.0. The lowest BCUT2D eigenvalue weighted by molar-refractivity contribution is -0.172.